The van der Waals surface area contributed by atoms with E-state index in [-0.39, 0.29) is 25.3 Å². The van der Waals surface area contributed by atoms with Gasteiger partial charge in [0.25, 0.3) is 0 Å². The largest absolute Gasteiger partial charge is 0.464 e. The molecule has 0 radical (unpaired) electrons. The highest BCUT2D eigenvalue weighted by Gasteiger charge is 2.14. The number of aliphatic hydroxyl groups excluding tert-OH is 2. The Bertz CT molecular complexity index is 281. The van der Waals surface area contributed by atoms with Crippen LogP contribution in [0, 0.1) is 0 Å². The molecule has 3 N–H and O–H groups in total. The molecule has 1 aromatic heterocycles. The monoisotopic (exact) mass is 213 g/mol. The van der Waals surface area contributed by atoms with Gasteiger partial charge < -0.3 is 19.9 Å². The van der Waals surface area contributed by atoms with Crippen molar-refractivity contribution in [3.8, 4) is 0 Å². The molecule has 0 aliphatic heterocycles. The summed E-state index contributed by atoms with van der Waals surface area (Å²) < 4.78 is 5.56. The van der Waals surface area contributed by atoms with Crippen molar-refractivity contribution in [3.05, 3.63) is 23.7 Å². The second-order valence-corrected chi connectivity index (χ2v) is 3.61. The van der Waals surface area contributed by atoms with Crippen LogP contribution in [0.2, 0.25) is 0 Å². The number of rotatable bonds is 6. The number of aliphatic hydroxyl groups is 2. The van der Waals surface area contributed by atoms with E-state index in [9.17, 15) is 0 Å². The average molecular weight is 213 g/mol. The lowest BCUT2D eigenvalue weighted by Gasteiger charge is -2.18. The van der Waals surface area contributed by atoms with Crippen LogP contribution in [0.15, 0.2) is 16.5 Å². The predicted molar refractivity (Wildman–Crippen MR) is 57.6 cm³/mol. The molecule has 0 amide bonds. The second-order valence-electron chi connectivity index (χ2n) is 3.61. The van der Waals surface area contributed by atoms with E-state index < -0.39 is 0 Å². The van der Waals surface area contributed by atoms with E-state index in [2.05, 4.69) is 5.32 Å². The molecule has 1 heterocycles. The van der Waals surface area contributed by atoms with E-state index in [0.717, 1.165) is 17.9 Å². The minimum absolute atomic E-state index is 0.00500. The van der Waals surface area contributed by atoms with Crippen LogP contribution in [-0.4, -0.2) is 29.5 Å². The third kappa shape index (κ3) is 3.34. The molecule has 0 fully saturated rings. The molecule has 4 heteroatoms. The Morgan fingerprint density at radius 3 is 2.47 bits per heavy atom. The molecule has 15 heavy (non-hydrogen) atoms. The SMILES string of the molecule is CCc1ccc(C(C)NC(CO)CO)o1. The lowest BCUT2D eigenvalue weighted by atomic mass is 10.2. The van der Waals surface area contributed by atoms with Gasteiger partial charge in [-0.15, -0.1) is 0 Å². The van der Waals surface area contributed by atoms with Crippen LogP contribution < -0.4 is 5.32 Å². The van der Waals surface area contributed by atoms with Crippen molar-refractivity contribution in [2.24, 2.45) is 0 Å². The van der Waals surface area contributed by atoms with Gasteiger partial charge in [-0.05, 0) is 19.1 Å². The van der Waals surface area contributed by atoms with E-state index in [0.29, 0.717) is 0 Å². The molecule has 0 bridgehead atoms. The quantitative estimate of drug-likeness (QED) is 0.655. The lowest BCUT2D eigenvalue weighted by molar-refractivity contribution is 0.160. The van der Waals surface area contributed by atoms with Crippen molar-refractivity contribution in [1.29, 1.82) is 0 Å². The highest BCUT2D eigenvalue weighted by Crippen LogP contribution is 2.16. The van der Waals surface area contributed by atoms with Gasteiger partial charge in [-0.1, -0.05) is 6.92 Å². The van der Waals surface area contributed by atoms with Gasteiger partial charge in [-0.25, -0.2) is 0 Å². The smallest absolute Gasteiger partial charge is 0.120 e. The summed E-state index contributed by atoms with van der Waals surface area (Å²) in [5.74, 6) is 1.78. The average Bonchev–Trinajstić information content (AvgIpc) is 2.74. The Morgan fingerprint density at radius 2 is 2.00 bits per heavy atom. The first-order valence-corrected chi connectivity index (χ1v) is 5.27. The van der Waals surface area contributed by atoms with E-state index in [1.807, 2.05) is 26.0 Å². The molecule has 1 unspecified atom stereocenters. The summed E-state index contributed by atoms with van der Waals surface area (Å²) in [6, 6.07) is 3.56. The van der Waals surface area contributed by atoms with Crippen LogP contribution in [0.5, 0.6) is 0 Å². The van der Waals surface area contributed by atoms with Crippen LogP contribution in [0.1, 0.15) is 31.4 Å². The summed E-state index contributed by atoms with van der Waals surface area (Å²) in [6.07, 6.45) is 0.871. The molecule has 0 aliphatic rings. The Labute approximate surface area is 89.9 Å². The van der Waals surface area contributed by atoms with Gasteiger partial charge in [0.15, 0.2) is 0 Å². The Balaban J connectivity index is 2.55. The van der Waals surface area contributed by atoms with Gasteiger partial charge in [0.1, 0.15) is 11.5 Å². The van der Waals surface area contributed by atoms with Crippen LogP contribution in [0.3, 0.4) is 0 Å². The molecule has 1 atom stereocenters. The summed E-state index contributed by atoms with van der Waals surface area (Å²) in [5, 5.41) is 20.9. The minimum atomic E-state index is -0.296. The van der Waals surface area contributed by atoms with Gasteiger partial charge in [0.05, 0.1) is 25.3 Å². The fourth-order valence-electron chi connectivity index (χ4n) is 1.42. The first-order valence-electron chi connectivity index (χ1n) is 5.27. The first-order chi connectivity index (χ1) is 7.21. The van der Waals surface area contributed by atoms with Gasteiger partial charge in [-0.2, -0.15) is 0 Å². The number of aryl methyl sites for hydroxylation is 1. The van der Waals surface area contributed by atoms with Gasteiger partial charge >= 0.3 is 0 Å². The highest BCUT2D eigenvalue weighted by molar-refractivity contribution is 5.10. The van der Waals surface area contributed by atoms with Crippen LogP contribution in [0.25, 0.3) is 0 Å². The maximum atomic E-state index is 8.92. The second kappa shape index (κ2) is 5.90. The Kier molecular flexibility index (Phi) is 4.81. The summed E-state index contributed by atoms with van der Waals surface area (Å²) in [7, 11) is 0. The fourth-order valence-corrected chi connectivity index (χ4v) is 1.42. The van der Waals surface area contributed by atoms with Crippen molar-refractivity contribution in [2.75, 3.05) is 13.2 Å². The standard InChI is InChI=1S/C11H19NO3/c1-3-10-4-5-11(15-10)8(2)12-9(6-13)7-14/h4-5,8-9,12-14H,3,6-7H2,1-2H3. The molecule has 0 saturated carbocycles. The zero-order valence-electron chi connectivity index (χ0n) is 9.23. The molecule has 0 aromatic carbocycles. The Morgan fingerprint density at radius 1 is 1.33 bits per heavy atom. The number of nitrogens with one attached hydrogen (secondary N) is 1. The third-order valence-electron chi connectivity index (χ3n) is 2.38. The molecule has 1 rings (SSSR count). The van der Waals surface area contributed by atoms with Crippen molar-refractivity contribution < 1.29 is 14.6 Å². The van der Waals surface area contributed by atoms with E-state index in [4.69, 9.17) is 14.6 Å². The molecule has 0 saturated heterocycles. The molecular weight excluding hydrogens is 194 g/mol. The fraction of sp³-hybridized carbons (Fsp3) is 0.636. The predicted octanol–water partition coefficient (Wildman–Crippen LogP) is 0.846. The summed E-state index contributed by atoms with van der Waals surface area (Å²) in [4.78, 5) is 0. The van der Waals surface area contributed by atoms with E-state index >= 15 is 0 Å². The normalized spacial score (nSPS) is 13.4. The van der Waals surface area contributed by atoms with Crippen LogP contribution in [-0.2, 0) is 6.42 Å². The summed E-state index contributed by atoms with van der Waals surface area (Å²) in [6.45, 7) is 3.81. The number of furan rings is 1. The number of hydrogen-bond donors (Lipinski definition) is 3. The Hall–Kier alpha value is -0.840. The highest BCUT2D eigenvalue weighted by atomic mass is 16.3. The van der Waals surface area contributed by atoms with Crippen LogP contribution >= 0.6 is 0 Å². The van der Waals surface area contributed by atoms with Gasteiger partial charge in [0, 0.05) is 6.42 Å². The minimum Gasteiger partial charge on any atom is -0.464 e. The van der Waals surface area contributed by atoms with Crippen molar-refractivity contribution in [1.82, 2.24) is 5.32 Å². The maximum Gasteiger partial charge on any atom is 0.120 e. The maximum absolute atomic E-state index is 8.92. The first kappa shape index (κ1) is 12.2. The molecule has 86 valence electrons. The third-order valence-corrected chi connectivity index (χ3v) is 2.38. The molecule has 4 nitrogen and oxygen atoms in total. The summed E-state index contributed by atoms with van der Waals surface area (Å²) in [5.41, 5.74) is 0. The topological polar surface area (TPSA) is 65.6 Å². The van der Waals surface area contributed by atoms with Crippen LogP contribution in [0.4, 0.5) is 0 Å². The molecule has 1 aromatic rings. The number of hydrogen-bond acceptors (Lipinski definition) is 4. The van der Waals surface area contributed by atoms with Gasteiger partial charge in [-0.3, -0.25) is 0 Å². The molecule has 0 spiro atoms. The zero-order valence-corrected chi connectivity index (χ0v) is 9.23. The van der Waals surface area contributed by atoms with Gasteiger partial charge in [0.2, 0.25) is 0 Å². The lowest BCUT2D eigenvalue weighted by Crippen LogP contribution is -2.37. The van der Waals surface area contributed by atoms with Crippen molar-refractivity contribution in [2.45, 2.75) is 32.4 Å². The summed E-state index contributed by atoms with van der Waals surface area (Å²) >= 11 is 0. The van der Waals surface area contributed by atoms with Crippen molar-refractivity contribution >= 4 is 0 Å². The van der Waals surface area contributed by atoms with Crippen molar-refractivity contribution in [3.63, 3.8) is 0 Å². The van der Waals surface area contributed by atoms with E-state index in [1.165, 1.54) is 0 Å². The zero-order chi connectivity index (χ0) is 11.3. The van der Waals surface area contributed by atoms with E-state index in [1.54, 1.807) is 0 Å². The molecule has 0 aliphatic carbocycles. The molecular formula is C11H19NO3.